The average Bonchev–Trinajstić information content (AvgIpc) is 2.93. The summed E-state index contributed by atoms with van der Waals surface area (Å²) in [7, 11) is 0. The second-order valence-corrected chi connectivity index (χ2v) is 8.28. The molecule has 132 valence electrons. The van der Waals surface area contributed by atoms with Crippen LogP contribution in [0.1, 0.15) is 44.0 Å². The number of fused-ring (bicyclic) bond motifs is 3. The van der Waals surface area contributed by atoms with Crippen molar-refractivity contribution in [2.24, 2.45) is 0 Å². The summed E-state index contributed by atoms with van der Waals surface area (Å²) in [4.78, 5) is 4.31. The number of hydrogen-bond acceptors (Lipinski definition) is 3. The van der Waals surface area contributed by atoms with Gasteiger partial charge in [-0.3, -0.25) is 4.98 Å². The summed E-state index contributed by atoms with van der Waals surface area (Å²) in [6.07, 6.45) is 2.84. The van der Waals surface area contributed by atoms with Gasteiger partial charge < -0.3 is 10.1 Å². The molecule has 25 heavy (non-hydrogen) atoms. The number of rotatable bonds is 1. The minimum Gasteiger partial charge on any atom is -0.377 e. The molecule has 3 nitrogen and oxygen atoms in total. The fourth-order valence-electron chi connectivity index (χ4n) is 4.67. The second-order valence-electron chi connectivity index (χ2n) is 8.28. The topological polar surface area (TPSA) is 34.1 Å². The number of pyridine rings is 1. The lowest BCUT2D eigenvalue weighted by Crippen LogP contribution is -2.56. The zero-order chi connectivity index (χ0) is 18.0. The van der Waals surface area contributed by atoms with Crippen LogP contribution in [0.15, 0.2) is 24.4 Å². The first-order valence-corrected chi connectivity index (χ1v) is 8.90. The molecule has 1 N–H and O–H groups in total. The molecular weight excluding hydrogens is 315 g/mol. The molecule has 2 unspecified atom stereocenters. The Morgan fingerprint density at radius 3 is 2.68 bits per heavy atom. The summed E-state index contributed by atoms with van der Waals surface area (Å²) in [6.45, 7) is 11.2. The molecule has 1 fully saturated rings. The third kappa shape index (κ3) is 2.38. The fraction of sp³-hybridized carbons (Fsp3) is 0.476. The first-order valence-electron chi connectivity index (χ1n) is 8.90. The van der Waals surface area contributed by atoms with Crippen LogP contribution in [0.3, 0.4) is 0 Å². The number of benzene rings is 1. The second kappa shape index (κ2) is 5.28. The monoisotopic (exact) mass is 340 g/mol. The van der Waals surface area contributed by atoms with Crippen LogP contribution in [-0.2, 0) is 10.2 Å². The van der Waals surface area contributed by atoms with Crippen molar-refractivity contribution in [3.8, 4) is 11.1 Å². The SMILES string of the molecule is Cc1cc(-c2cc3c(cc2F)NC(C)(C)C2OCCC32C)c(C)cn1. The van der Waals surface area contributed by atoms with E-state index in [9.17, 15) is 0 Å². The van der Waals surface area contributed by atoms with Crippen molar-refractivity contribution in [3.63, 3.8) is 0 Å². The Balaban J connectivity index is 1.94. The summed E-state index contributed by atoms with van der Waals surface area (Å²) in [5.74, 6) is -0.197. The number of nitrogens with zero attached hydrogens (tertiary/aromatic N) is 1. The van der Waals surface area contributed by atoms with Crippen LogP contribution in [0.2, 0.25) is 0 Å². The lowest BCUT2D eigenvalue weighted by atomic mass is 9.66. The first kappa shape index (κ1) is 16.5. The number of nitrogens with one attached hydrogen (secondary N) is 1. The molecule has 0 bridgehead atoms. The van der Waals surface area contributed by atoms with Crippen molar-refractivity contribution in [1.82, 2.24) is 4.98 Å². The van der Waals surface area contributed by atoms with E-state index in [1.807, 2.05) is 32.2 Å². The summed E-state index contributed by atoms with van der Waals surface area (Å²) in [6, 6.07) is 5.64. The van der Waals surface area contributed by atoms with Crippen LogP contribution >= 0.6 is 0 Å². The van der Waals surface area contributed by atoms with E-state index < -0.39 is 0 Å². The van der Waals surface area contributed by atoms with Crippen LogP contribution in [0.25, 0.3) is 11.1 Å². The van der Waals surface area contributed by atoms with Gasteiger partial charge in [0.05, 0.1) is 11.6 Å². The zero-order valence-corrected chi connectivity index (χ0v) is 15.5. The third-order valence-electron chi connectivity index (χ3n) is 5.85. The number of hydrogen-bond donors (Lipinski definition) is 1. The van der Waals surface area contributed by atoms with E-state index in [0.717, 1.165) is 41.1 Å². The third-order valence-corrected chi connectivity index (χ3v) is 5.85. The molecule has 1 aromatic carbocycles. The summed E-state index contributed by atoms with van der Waals surface area (Å²) < 4.78 is 21.1. The maximum Gasteiger partial charge on any atom is 0.133 e. The molecule has 2 aliphatic heterocycles. The molecule has 0 saturated carbocycles. The number of anilines is 1. The van der Waals surface area contributed by atoms with Gasteiger partial charge in [0.15, 0.2) is 0 Å². The van der Waals surface area contributed by atoms with Gasteiger partial charge in [0.1, 0.15) is 5.82 Å². The van der Waals surface area contributed by atoms with Crippen LogP contribution in [0.5, 0.6) is 0 Å². The minimum absolute atomic E-state index is 0.0751. The van der Waals surface area contributed by atoms with Crippen LogP contribution in [0.4, 0.5) is 10.1 Å². The Morgan fingerprint density at radius 1 is 1.16 bits per heavy atom. The van der Waals surface area contributed by atoms with E-state index in [0.29, 0.717) is 5.56 Å². The van der Waals surface area contributed by atoms with Gasteiger partial charge in [0.25, 0.3) is 0 Å². The smallest absolute Gasteiger partial charge is 0.133 e. The molecule has 4 rings (SSSR count). The van der Waals surface area contributed by atoms with Crippen molar-refractivity contribution in [2.45, 2.75) is 58.1 Å². The Labute approximate surface area is 148 Å². The van der Waals surface area contributed by atoms with E-state index in [-0.39, 0.29) is 22.9 Å². The normalized spacial score (nSPS) is 26.7. The Morgan fingerprint density at radius 2 is 1.92 bits per heavy atom. The molecule has 0 aliphatic carbocycles. The number of aryl methyl sites for hydroxylation is 2. The van der Waals surface area contributed by atoms with Gasteiger partial charge >= 0.3 is 0 Å². The summed E-state index contributed by atoms with van der Waals surface area (Å²) in [5, 5.41) is 3.50. The van der Waals surface area contributed by atoms with Crippen LogP contribution in [-0.4, -0.2) is 23.2 Å². The highest BCUT2D eigenvalue weighted by molar-refractivity contribution is 5.74. The van der Waals surface area contributed by atoms with Crippen molar-refractivity contribution >= 4 is 5.69 Å². The molecule has 2 atom stereocenters. The Bertz CT molecular complexity index is 861. The van der Waals surface area contributed by atoms with Gasteiger partial charge in [-0.2, -0.15) is 0 Å². The molecule has 0 amide bonds. The van der Waals surface area contributed by atoms with Crippen molar-refractivity contribution in [1.29, 1.82) is 0 Å². The molecule has 1 saturated heterocycles. The number of ether oxygens (including phenoxy) is 1. The predicted molar refractivity (Wildman–Crippen MR) is 98.5 cm³/mol. The van der Waals surface area contributed by atoms with E-state index >= 15 is 4.39 Å². The van der Waals surface area contributed by atoms with Gasteiger partial charge in [-0.1, -0.05) is 6.92 Å². The number of halogens is 1. The number of aromatic nitrogens is 1. The maximum absolute atomic E-state index is 15.0. The Hall–Kier alpha value is -1.94. The van der Waals surface area contributed by atoms with Crippen LogP contribution in [0, 0.1) is 19.7 Å². The van der Waals surface area contributed by atoms with Gasteiger partial charge in [-0.25, -0.2) is 4.39 Å². The summed E-state index contributed by atoms with van der Waals surface area (Å²) in [5.41, 5.74) is 5.14. The van der Waals surface area contributed by atoms with Gasteiger partial charge in [0.2, 0.25) is 0 Å². The van der Waals surface area contributed by atoms with E-state index in [1.165, 1.54) is 0 Å². The standard InChI is InChI=1S/C21H25FN2O/c1-12-11-23-13(2)8-14(12)15-9-16-18(10-17(15)22)24-20(3,4)19-21(16,5)6-7-25-19/h8-11,19,24H,6-7H2,1-5H3. The molecule has 2 aromatic rings. The molecule has 0 spiro atoms. The Kier molecular flexibility index (Phi) is 3.49. The molecule has 1 aromatic heterocycles. The predicted octanol–water partition coefficient (Wildman–Crippen LogP) is 4.76. The molecule has 2 aliphatic rings. The zero-order valence-electron chi connectivity index (χ0n) is 15.5. The lowest BCUT2D eigenvalue weighted by Gasteiger charge is -2.48. The fourth-order valence-corrected chi connectivity index (χ4v) is 4.67. The average molecular weight is 340 g/mol. The summed E-state index contributed by atoms with van der Waals surface area (Å²) >= 11 is 0. The minimum atomic E-state index is -0.227. The first-order chi connectivity index (χ1) is 11.7. The maximum atomic E-state index is 15.0. The highest BCUT2D eigenvalue weighted by Gasteiger charge is 2.53. The highest BCUT2D eigenvalue weighted by atomic mass is 19.1. The molecule has 3 heterocycles. The van der Waals surface area contributed by atoms with Crippen molar-refractivity contribution in [2.75, 3.05) is 11.9 Å². The lowest BCUT2D eigenvalue weighted by molar-refractivity contribution is 0.0352. The highest BCUT2D eigenvalue weighted by Crippen LogP contribution is 2.51. The molecule has 4 heteroatoms. The van der Waals surface area contributed by atoms with Gasteiger partial charge in [-0.05, 0) is 69.0 Å². The van der Waals surface area contributed by atoms with Crippen LogP contribution < -0.4 is 5.32 Å². The quantitative estimate of drug-likeness (QED) is 0.813. The van der Waals surface area contributed by atoms with Crippen molar-refractivity contribution in [3.05, 3.63) is 47.0 Å². The van der Waals surface area contributed by atoms with E-state index in [4.69, 9.17) is 4.74 Å². The van der Waals surface area contributed by atoms with Gasteiger partial charge in [0, 0.05) is 35.2 Å². The molecule has 0 radical (unpaired) electrons. The molecular formula is C21H25FN2O. The van der Waals surface area contributed by atoms with E-state index in [2.05, 4.69) is 31.1 Å². The van der Waals surface area contributed by atoms with E-state index in [1.54, 1.807) is 6.07 Å². The van der Waals surface area contributed by atoms with Gasteiger partial charge in [-0.15, -0.1) is 0 Å². The van der Waals surface area contributed by atoms with Crippen molar-refractivity contribution < 1.29 is 9.13 Å². The largest absolute Gasteiger partial charge is 0.377 e.